The van der Waals surface area contributed by atoms with Gasteiger partial charge in [0.05, 0.1) is 39.6 Å². The van der Waals surface area contributed by atoms with Crippen molar-refractivity contribution < 1.29 is 18.9 Å². The van der Waals surface area contributed by atoms with Crippen molar-refractivity contribution in [1.29, 1.82) is 0 Å². The van der Waals surface area contributed by atoms with E-state index in [4.69, 9.17) is 18.9 Å². The van der Waals surface area contributed by atoms with Crippen LogP contribution in [0.5, 0.6) is 0 Å². The highest BCUT2D eigenvalue weighted by atomic mass is 28.1. The van der Waals surface area contributed by atoms with Crippen molar-refractivity contribution in [2.75, 3.05) is 53.4 Å². The summed E-state index contributed by atoms with van der Waals surface area (Å²) < 4.78 is 20.7. The zero-order chi connectivity index (χ0) is 11.2. The second-order valence-electron chi connectivity index (χ2n) is 3.18. The average Bonchev–Trinajstić information content (AvgIpc) is 2.26. The lowest BCUT2D eigenvalue weighted by Crippen LogP contribution is -2.11. The average molecular weight is 236 g/mol. The Bertz CT molecular complexity index is 102. The molecule has 0 fully saturated rings. The molecule has 0 radical (unpaired) electrons. The van der Waals surface area contributed by atoms with E-state index in [-0.39, 0.29) is 0 Å². The Morgan fingerprint density at radius 2 is 1.20 bits per heavy atom. The van der Waals surface area contributed by atoms with Gasteiger partial charge in [0.25, 0.3) is 0 Å². The molecule has 0 bridgehead atoms. The third kappa shape index (κ3) is 14.1. The molecule has 4 nitrogen and oxygen atoms in total. The Labute approximate surface area is 95.6 Å². The smallest absolute Gasteiger partial charge is 0.0701 e. The van der Waals surface area contributed by atoms with Crippen LogP contribution in [-0.2, 0) is 18.9 Å². The number of methoxy groups -OCH3 is 1. The topological polar surface area (TPSA) is 36.9 Å². The van der Waals surface area contributed by atoms with Crippen molar-refractivity contribution in [1.82, 2.24) is 0 Å². The van der Waals surface area contributed by atoms with E-state index in [1.807, 2.05) is 0 Å². The SMILES string of the molecule is COCCOCCOCCOCCC[SiH3]. The van der Waals surface area contributed by atoms with Gasteiger partial charge in [-0.15, -0.1) is 0 Å². The Kier molecular flexibility index (Phi) is 14.1. The van der Waals surface area contributed by atoms with E-state index in [1.54, 1.807) is 7.11 Å². The molecule has 0 aromatic carbocycles. The summed E-state index contributed by atoms with van der Waals surface area (Å²) in [5.74, 6) is 0. The van der Waals surface area contributed by atoms with Gasteiger partial charge >= 0.3 is 0 Å². The van der Waals surface area contributed by atoms with E-state index in [1.165, 1.54) is 22.7 Å². The molecule has 0 N–H and O–H groups in total. The lowest BCUT2D eigenvalue weighted by molar-refractivity contribution is 0.00379. The molecule has 0 heterocycles. The van der Waals surface area contributed by atoms with Crippen molar-refractivity contribution in [2.45, 2.75) is 12.5 Å². The summed E-state index contributed by atoms with van der Waals surface area (Å²) >= 11 is 0. The first-order valence-electron chi connectivity index (χ1n) is 5.64. The van der Waals surface area contributed by atoms with Crippen LogP contribution in [0.1, 0.15) is 6.42 Å². The Morgan fingerprint density at radius 1 is 0.733 bits per heavy atom. The maximum Gasteiger partial charge on any atom is 0.0701 e. The molecule has 0 amide bonds. The third-order valence-corrected chi connectivity index (χ3v) is 2.53. The van der Waals surface area contributed by atoms with Gasteiger partial charge in [-0.1, -0.05) is 6.04 Å². The van der Waals surface area contributed by atoms with Gasteiger partial charge in [-0.2, -0.15) is 0 Å². The highest BCUT2D eigenvalue weighted by molar-refractivity contribution is 6.08. The molecule has 5 heteroatoms. The van der Waals surface area contributed by atoms with E-state index >= 15 is 0 Å². The predicted molar refractivity (Wildman–Crippen MR) is 63.7 cm³/mol. The molecule has 0 spiro atoms. The van der Waals surface area contributed by atoms with Crippen LogP contribution in [-0.4, -0.2) is 63.6 Å². The molecule has 0 aromatic heterocycles. The van der Waals surface area contributed by atoms with Crippen molar-refractivity contribution >= 4 is 10.2 Å². The molecular formula is C10H24O4Si. The Morgan fingerprint density at radius 3 is 1.67 bits per heavy atom. The van der Waals surface area contributed by atoms with Gasteiger partial charge in [0, 0.05) is 24.0 Å². The first kappa shape index (κ1) is 15.1. The van der Waals surface area contributed by atoms with Crippen LogP contribution >= 0.6 is 0 Å². The molecule has 0 aliphatic heterocycles. The van der Waals surface area contributed by atoms with Crippen LogP contribution in [0.3, 0.4) is 0 Å². The Hall–Kier alpha value is 0.0569. The molecule has 15 heavy (non-hydrogen) atoms. The normalized spacial score (nSPS) is 11.0. The minimum absolute atomic E-state index is 0.629. The van der Waals surface area contributed by atoms with E-state index < -0.39 is 0 Å². The van der Waals surface area contributed by atoms with Gasteiger partial charge in [0.2, 0.25) is 0 Å². The zero-order valence-corrected chi connectivity index (χ0v) is 12.0. The van der Waals surface area contributed by atoms with Crippen LogP contribution < -0.4 is 0 Å². The second kappa shape index (κ2) is 14.1. The Balaban J connectivity index is 2.81. The summed E-state index contributed by atoms with van der Waals surface area (Å²) in [5.41, 5.74) is 0. The van der Waals surface area contributed by atoms with Crippen molar-refractivity contribution in [2.24, 2.45) is 0 Å². The van der Waals surface area contributed by atoms with Crippen molar-refractivity contribution in [3.63, 3.8) is 0 Å². The summed E-state index contributed by atoms with van der Waals surface area (Å²) in [7, 11) is 2.93. The first-order chi connectivity index (χ1) is 7.41. The summed E-state index contributed by atoms with van der Waals surface area (Å²) in [6.07, 6.45) is 1.19. The summed E-state index contributed by atoms with van der Waals surface area (Å²) in [5, 5.41) is 0. The fourth-order valence-corrected chi connectivity index (χ4v) is 1.22. The molecular weight excluding hydrogens is 212 g/mol. The molecule has 92 valence electrons. The number of hydrogen-bond donors (Lipinski definition) is 0. The summed E-state index contributed by atoms with van der Waals surface area (Å²) in [6, 6.07) is 1.31. The molecule has 0 unspecified atom stereocenters. The van der Waals surface area contributed by atoms with E-state index in [0.717, 1.165) is 6.61 Å². The van der Waals surface area contributed by atoms with Crippen LogP contribution in [0.25, 0.3) is 0 Å². The highest BCUT2D eigenvalue weighted by Crippen LogP contribution is 1.86. The molecule has 0 rings (SSSR count). The van der Waals surface area contributed by atoms with Gasteiger partial charge in [-0.05, 0) is 6.42 Å². The maximum atomic E-state index is 5.36. The van der Waals surface area contributed by atoms with Gasteiger partial charge in [-0.3, -0.25) is 0 Å². The lowest BCUT2D eigenvalue weighted by Gasteiger charge is -2.06. The number of hydrogen-bond acceptors (Lipinski definition) is 4. The standard InChI is InChI=1S/C10H24O4Si/c1-11-4-5-13-8-9-14-7-6-12-3-2-10-15/h2-10H2,1,15H3. The van der Waals surface area contributed by atoms with E-state index in [2.05, 4.69) is 0 Å². The number of ether oxygens (including phenoxy) is 4. The monoisotopic (exact) mass is 236 g/mol. The second-order valence-corrected chi connectivity index (χ2v) is 4.18. The van der Waals surface area contributed by atoms with Crippen LogP contribution in [0.2, 0.25) is 6.04 Å². The van der Waals surface area contributed by atoms with Crippen LogP contribution in [0.4, 0.5) is 0 Å². The van der Waals surface area contributed by atoms with Gasteiger partial charge in [-0.25, -0.2) is 0 Å². The van der Waals surface area contributed by atoms with Gasteiger partial charge < -0.3 is 18.9 Å². The van der Waals surface area contributed by atoms with Gasteiger partial charge in [0.1, 0.15) is 0 Å². The van der Waals surface area contributed by atoms with Gasteiger partial charge in [0.15, 0.2) is 0 Å². The van der Waals surface area contributed by atoms with Crippen molar-refractivity contribution in [3.05, 3.63) is 0 Å². The maximum absolute atomic E-state index is 5.36. The van der Waals surface area contributed by atoms with E-state index in [9.17, 15) is 0 Å². The first-order valence-corrected chi connectivity index (χ1v) is 7.05. The number of rotatable bonds is 12. The summed E-state index contributed by atoms with van der Waals surface area (Å²) in [6.45, 7) is 4.77. The zero-order valence-electron chi connectivity index (χ0n) is 10.00. The van der Waals surface area contributed by atoms with Crippen molar-refractivity contribution in [3.8, 4) is 0 Å². The largest absolute Gasteiger partial charge is 0.382 e. The molecule has 0 saturated carbocycles. The molecule has 0 atom stereocenters. The third-order valence-electron chi connectivity index (χ3n) is 1.82. The minimum atomic E-state index is 0.629. The molecule has 0 aliphatic carbocycles. The quantitative estimate of drug-likeness (QED) is 0.349. The minimum Gasteiger partial charge on any atom is -0.382 e. The highest BCUT2D eigenvalue weighted by Gasteiger charge is 1.91. The summed E-state index contributed by atoms with van der Waals surface area (Å²) in [4.78, 5) is 0. The predicted octanol–water partition coefficient (Wildman–Crippen LogP) is -0.144. The van der Waals surface area contributed by atoms with E-state index in [0.29, 0.717) is 39.6 Å². The lowest BCUT2D eigenvalue weighted by atomic mass is 10.5. The fraction of sp³-hybridized carbons (Fsp3) is 1.00. The van der Waals surface area contributed by atoms with Crippen LogP contribution in [0.15, 0.2) is 0 Å². The molecule has 0 aromatic rings. The van der Waals surface area contributed by atoms with Crippen LogP contribution in [0, 0.1) is 0 Å². The molecule has 0 aliphatic rings. The fourth-order valence-electron chi connectivity index (χ4n) is 0.931. The molecule has 0 saturated heterocycles.